The standard InChI is InChI=1S/C8H15N4O/c1-6-9-7(12(2,3)4)11-8(10-6)13-5/h1-5H3/q+1. The number of aryl methyl sites for hydroxylation is 1. The summed E-state index contributed by atoms with van der Waals surface area (Å²) in [6.45, 7) is 1.82. The van der Waals surface area contributed by atoms with Gasteiger partial charge in [-0.2, -0.15) is 9.97 Å². The molecule has 0 radical (unpaired) electrons. The molecule has 0 amide bonds. The summed E-state index contributed by atoms with van der Waals surface area (Å²) in [5.74, 6) is 1.37. The Kier molecular flexibility index (Phi) is 2.47. The molecule has 72 valence electrons. The minimum Gasteiger partial charge on any atom is -0.467 e. The van der Waals surface area contributed by atoms with Crippen molar-refractivity contribution < 1.29 is 4.74 Å². The van der Waals surface area contributed by atoms with E-state index in [1.165, 1.54) is 0 Å². The van der Waals surface area contributed by atoms with Crippen molar-refractivity contribution in [1.82, 2.24) is 19.4 Å². The first-order chi connectivity index (χ1) is 5.93. The molecule has 1 rings (SSSR count). The topological polar surface area (TPSA) is 47.9 Å². The zero-order valence-electron chi connectivity index (χ0n) is 8.70. The summed E-state index contributed by atoms with van der Waals surface area (Å²) < 4.78 is 5.51. The third-order valence-corrected chi connectivity index (χ3v) is 1.50. The maximum atomic E-state index is 4.96. The van der Waals surface area contributed by atoms with E-state index in [2.05, 4.69) is 15.0 Å². The molecule has 0 saturated heterocycles. The van der Waals surface area contributed by atoms with E-state index >= 15 is 0 Å². The minimum atomic E-state index is 0.371. The zero-order chi connectivity index (χ0) is 10.1. The van der Waals surface area contributed by atoms with Crippen molar-refractivity contribution in [3.63, 3.8) is 0 Å². The summed E-state index contributed by atoms with van der Waals surface area (Å²) >= 11 is 0. The maximum Gasteiger partial charge on any atom is 0.334 e. The molecule has 0 bridgehead atoms. The van der Waals surface area contributed by atoms with Crippen molar-refractivity contribution in [3.05, 3.63) is 5.82 Å². The second-order valence-electron chi connectivity index (χ2n) is 3.68. The fourth-order valence-corrected chi connectivity index (χ4v) is 0.835. The Hall–Kier alpha value is -1.23. The summed E-state index contributed by atoms with van der Waals surface area (Å²) in [5, 5.41) is 0. The zero-order valence-corrected chi connectivity index (χ0v) is 8.70. The van der Waals surface area contributed by atoms with Gasteiger partial charge in [0.25, 0.3) is 0 Å². The predicted octanol–water partition coefficient (Wildman–Crippen LogP) is 0.385. The van der Waals surface area contributed by atoms with Crippen molar-refractivity contribution in [1.29, 1.82) is 0 Å². The Morgan fingerprint density at radius 3 is 2.15 bits per heavy atom. The van der Waals surface area contributed by atoms with Crippen LogP contribution in [-0.2, 0) is 0 Å². The van der Waals surface area contributed by atoms with Crippen LogP contribution in [0.25, 0.3) is 0 Å². The molecule has 0 aliphatic heterocycles. The van der Waals surface area contributed by atoms with E-state index in [1.54, 1.807) is 7.11 Å². The summed E-state index contributed by atoms with van der Waals surface area (Å²) in [6.07, 6.45) is 0. The van der Waals surface area contributed by atoms with Crippen molar-refractivity contribution in [2.24, 2.45) is 0 Å². The van der Waals surface area contributed by atoms with Crippen LogP contribution in [0.3, 0.4) is 0 Å². The first kappa shape index (κ1) is 9.85. The molecule has 5 nitrogen and oxygen atoms in total. The molecule has 13 heavy (non-hydrogen) atoms. The molecule has 0 fully saturated rings. The minimum absolute atomic E-state index is 0.371. The van der Waals surface area contributed by atoms with Crippen LogP contribution in [0.1, 0.15) is 5.82 Å². The molecule has 0 spiro atoms. The van der Waals surface area contributed by atoms with E-state index in [1.807, 2.05) is 28.1 Å². The van der Waals surface area contributed by atoms with Crippen LogP contribution >= 0.6 is 0 Å². The highest BCUT2D eigenvalue weighted by Crippen LogP contribution is 2.12. The van der Waals surface area contributed by atoms with Crippen LogP contribution in [0, 0.1) is 6.92 Å². The molecule has 0 saturated carbocycles. The highest BCUT2D eigenvalue weighted by molar-refractivity contribution is 5.23. The first-order valence-electron chi connectivity index (χ1n) is 4.02. The van der Waals surface area contributed by atoms with E-state index in [0.717, 1.165) is 0 Å². The van der Waals surface area contributed by atoms with Gasteiger partial charge in [-0.25, -0.2) is 0 Å². The Morgan fingerprint density at radius 2 is 1.69 bits per heavy atom. The maximum absolute atomic E-state index is 4.96. The molecule has 5 heteroatoms. The molecule has 0 aliphatic carbocycles. The molecular formula is C8H15N4O+. The lowest BCUT2D eigenvalue weighted by Crippen LogP contribution is -2.37. The molecule has 0 aliphatic rings. The summed E-state index contributed by atoms with van der Waals surface area (Å²) in [4.78, 5) is 12.4. The van der Waals surface area contributed by atoms with Crippen LogP contribution in [-0.4, -0.2) is 43.2 Å². The predicted molar refractivity (Wildman–Crippen MR) is 50.7 cm³/mol. The normalized spacial score (nSPS) is 11.5. The Labute approximate surface area is 78.0 Å². The van der Waals surface area contributed by atoms with Crippen LogP contribution in [0.5, 0.6) is 6.01 Å². The number of nitrogens with zero attached hydrogens (tertiary/aromatic N) is 4. The quantitative estimate of drug-likeness (QED) is 0.622. The number of rotatable bonds is 2. The molecule has 0 aromatic carbocycles. The van der Waals surface area contributed by atoms with E-state index in [0.29, 0.717) is 22.3 Å². The molecule has 1 aromatic rings. The van der Waals surface area contributed by atoms with Crippen LogP contribution < -0.4 is 9.22 Å². The lowest BCUT2D eigenvalue weighted by molar-refractivity contribution is 0.365. The number of hydrogen-bond donors (Lipinski definition) is 0. The lowest BCUT2D eigenvalue weighted by atomic mass is 10.6. The number of quaternary nitrogens is 1. The fraction of sp³-hybridized carbons (Fsp3) is 0.625. The van der Waals surface area contributed by atoms with Gasteiger partial charge >= 0.3 is 12.0 Å². The van der Waals surface area contributed by atoms with E-state index in [4.69, 9.17) is 4.74 Å². The summed E-state index contributed by atoms with van der Waals surface area (Å²) in [6, 6.07) is 0.371. The molecule has 1 heterocycles. The van der Waals surface area contributed by atoms with Gasteiger partial charge < -0.3 is 4.74 Å². The van der Waals surface area contributed by atoms with E-state index < -0.39 is 0 Å². The highest BCUT2D eigenvalue weighted by Gasteiger charge is 2.18. The molecule has 1 aromatic heterocycles. The summed E-state index contributed by atoms with van der Waals surface area (Å²) in [5.41, 5.74) is 0. The van der Waals surface area contributed by atoms with Gasteiger partial charge in [0.05, 0.1) is 28.3 Å². The van der Waals surface area contributed by atoms with Gasteiger partial charge in [-0.3, -0.25) is 4.48 Å². The van der Waals surface area contributed by atoms with Crippen molar-refractivity contribution in [2.75, 3.05) is 28.3 Å². The largest absolute Gasteiger partial charge is 0.467 e. The molecule has 0 atom stereocenters. The molecular weight excluding hydrogens is 168 g/mol. The Morgan fingerprint density at radius 1 is 1.08 bits per heavy atom. The SMILES string of the molecule is COc1nc(C)nc([N+](C)(C)C)n1. The van der Waals surface area contributed by atoms with Gasteiger partial charge in [-0.1, -0.05) is 0 Å². The van der Waals surface area contributed by atoms with Crippen LogP contribution in [0.2, 0.25) is 0 Å². The van der Waals surface area contributed by atoms with Gasteiger partial charge in [-0.05, 0) is 6.92 Å². The second-order valence-corrected chi connectivity index (χ2v) is 3.68. The molecule has 0 N–H and O–H groups in total. The van der Waals surface area contributed by atoms with E-state index in [9.17, 15) is 0 Å². The van der Waals surface area contributed by atoms with Crippen LogP contribution in [0.15, 0.2) is 0 Å². The first-order valence-corrected chi connectivity index (χ1v) is 4.02. The number of ether oxygens (including phenoxy) is 1. The average Bonchev–Trinajstić information content (AvgIpc) is 2.01. The third-order valence-electron chi connectivity index (χ3n) is 1.50. The van der Waals surface area contributed by atoms with Gasteiger partial charge in [0.2, 0.25) is 0 Å². The van der Waals surface area contributed by atoms with Crippen molar-refractivity contribution >= 4 is 5.95 Å². The third kappa shape index (κ3) is 2.35. The van der Waals surface area contributed by atoms with Gasteiger partial charge in [0.1, 0.15) is 5.82 Å². The Bertz CT molecular complexity index is 306. The van der Waals surface area contributed by atoms with Gasteiger partial charge in [0, 0.05) is 0 Å². The van der Waals surface area contributed by atoms with E-state index in [-0.39, 0.29) is 0 Å². The van der Waals surface area contributed by atoms with Crippen LogP contribution in [0.4, 0.5) is 5.95 Å². The van der Waals surface area contributed by atoms with Gasteiger partial charge in [0.15, 0.2) is 0 Å². The fourth-order valence-electron chi connectivity index (χ4n) is 0.835. The Balaban J connectivity index is 3.16. The number of hydrogen-bond acceptors (Lipinski definition) is 4. The number of methoxy groups -OCH3 is 1. The average molecular weight is 183 g/mol. The second kappa shape index (κ2) is 3.26. The lowest BCUT2D eigenvalue weighted by Gasteiger charge is -2.20. The summed E-state index contributed by atoms with van der Waals surface area (Å²) in [7, 11) is 7.53. The number of aromatic nitrogens is 3. The van der Waals surface area contributed by atoms with Crippen molar-refractivity contribution in [2.45, 2.75) is 6.92 Å². The van der Waals surface area contributed by atoms with Crippen molar-refractivity contribution in [3.8, 4) is 6.01 Å². The van der Waals surface area contributed by atoms with Gasteiger partial charge in [-0.15, -0.1) is 4.98 Å². The smallest absolute Gasteiger partial charge is 0.334 e. The monoisotopic (exact) mass is 183 g/mol. The highest BCUT2D eigenvalue weighted by atomic mass is 16.5. The molecule has 0 unspecified atom stereocenters.